The van der Waals surface area contributed by atoms with Crippen molar-refractivity contribution in [3.63, 3.8) is 0 Å². The van der Waals surface area contributed by atoms with E-state index in [0.29, 0.717) is 11.3 Å². The molecule has 0 saturated heterocycles. The fourth-order valence-corrected chi connectivity index (χ4v) is 2.15. The van der Waals surface area contributed by atoms with Crippen LogP contribution in [0.5, 0.6) is 5.75 Å². The average Bonchev–Trinajstić information content (AvgIpc) is 2.61. The highest BCUT2D eigenvalue weighted by molar-refractivity contribution is 14.0. The Morgan fingerprint density at radius 3 is 2.28 bits per heavy atom. The fraction of sp³-hybridized carbons (Fsp3) is 0.222. The molecule has 2 rings (SSSR count). The molecule has 2 aromatic carbocycles. The van der Waals surface area contributed by atoms with Crippen LogP contribution in [0.2, 0.25) is 0 Å². The number of carbonyl (C=O) groups excluding carboxylic acids is 1. The third kappa shape index (κ3) is 9.96. The van der Waals surface area contributed by atoms with E-state index in [1.165, 1.54) is 36.4 Å². The minimum absolute atomic E-state index is 0. The van der Waals surface area contributed by atoms with E-state index >= 15 is 0 Å². The second kappa shape index (κ2) is 11.4. The van der Waals surface area contributed by atoms with Gasteiger partial charge in [0, 0.05) is 12.2 Å². The molecule has 0 radical (unpaired) electrons. The molecule has 0 aliphatic heterocycles. The number of nitrogens with zero attached hydrogens (tertiary/aromatic N) is 1. The highest BCUT2D eigenvalue weighted by Crippen LogP contribution is 2.23. The van der Waals surface area contributed by atoms with Crippen molar-refractivity contribution in [3.8, 4) is 5.75 Å². The lowest BCUT2D eigenvalue weighted by Gasteiger charge is -2.10. The summed E-state index contributed by atoms with van der Waals surface area (Å²) in [5.74, 6) is -0.924. The molecule has 0 aliphatic rings. The van der Waals surface area contributed by atoms with Crippen LogP contribution in [0.3, 0.4) is 0 Å². The number of alkyl halides is 3. The first-order valence-corrected chi connectivity index (χ1v) is 8.15. The van der Waals surface area contributed by atoms with Crippen molar-refractivity contribution in [2.75, 3.05) is 18.4 Å². The monoisotopic (exact) mass is 526 g/mol. The van der Waals surface area contributed by atoms with Crippen molar-refractivity contribution in [2.45, 2.75) is 12.8 Å². The summed E-state index contributed by atoms with van der Waals surface area (Å²) in [6, 6.07) is 10.6. The summed E-state index contributed by atoms with van der Waals surface area (Å²) in [6.45, 7) is 0.435. The van der Waals surface area contributed by atoms with E-state index < -0.39 is 6.36 Å². The third-order valence-electron chi connectivity index (χ3n) is 3.35. The summed E-state index contributed by atoms with van der Waals surface area (Å²) < 4.78 is 52.9. The van der Waals surface area contributed by atoms with Crippen molar-refractivity contribution in [1.82, 2.24) is 5.32 Å². The summed E-state index contributed by atoms with van der Waals surface area (Å²) in [4.78, 5) is 15.8. The van der Waals surface area contributed by atoms with Gasteiger partial charge < -0.3 is 21.1 Å². The molecule has 0 atom stereocenters. The Morgan fingerprint density at radius 2 is 1.69 bits per heavy atom. The molecule has 11 heteroatoms. The molecule has 0 heterocycles. The van der Waals surface area contributed by atoms with Crippen molar-refractivity contribution in [1.29, 1.82) is 0 Å². The molecule has 2 aromatic rings. The first kappa shape index (κ1) is 24.5. The second-order valence-electron chi connectivity index (χ2n) is 5.62. The van der Waals surface area contributed by atoms with Gasteiger partial charge in [-0.15, -0.1) is 37.1 Å². The van der Waals surface area contributed by atoms with E-state index in [2.05, 4.69) is 20.4 Å². The molecule has 0 unspecified atom stereocenters. The number of ether oxygens (including phenoxy) is 1. The SMILES string of the molecule is I.NC(=NCCNC(=O)Cc1ccc(F)cc1)Nc1ccc(OC(F)(F)F)cc1. The number of rotatable bonds is 7. The minimum Gasteiger partial charge on any atom is -0.406 e. The maximum absolute atomic E-state index is 12.8. The number of guanidine groups is 1. The highest BCUT2D eigenvalue weighted by Gasteiger charge is 2.30. The van der Waals surface area contributed by atoms with Gasteiger partial charge in [-0.1, -0.05) is 12.1 Å². The largest absolute Gasteiger partial charge is 0.573 e. The van der Waals surface area contributed by atoms with Crippen LogP contribution in [-0.2, 0) is 11.2 Å². The Labute approximate surface area is 181 Å². The standard InChI is InChI=1S/C18H18F4N4O2.HI/c19-13-3-1-12(2-4-13)11-16(27)24-9-10-25-17(23)26-14-5-7-15(8-6-14)28-18(20,21)22;/h1-8H,9-11H2,(H,24,27)(H3,23,25,26);1H. The molecule has 6 nitrogen and oxygen atoms in total. The maximum Gasteiger partial charge on any atom is 0.573 e. The van der Waals surface area contributed by atoms with Crippen LogP contribution in [0.4, 0.5) is 23.2 Å². The van der Waals surface area contributed by atoms with E-state index in [4.69, 9.17) is 5.73 Å². The summed E-state index contributed by atoms with van der Waals surface area (Å²) in [7, 11) is 0. The molecule has 0 fully saturated rings. The van der Waals surface area contributed by atoms with Crippen molar-refractivity contribution >= 4 is 41.5 Å². The third-order valence-corrected chi connectivity index (χ3v) is 3.35. The van der Waals surface area contributed by atoms with Gasteiger partial charge in [-0.2, -0.15) is 0 Å². The first-order valence-electron chi connectivity index (χ1n) is 8.15. The van der Waals surface area contributed by atoms with Gasteiger partial charge in [0.1, 0.15) is 11.6 Å². The number of aliphatic imine (C=N–C) groups is 1. The molecule has 1 amide bonds. The maximum atomic E-state index is 12.8. The summed E-state index contributed by atoms with van der Waals surface area (Å²) in [6.07, 6.45) is -4.64. The number of benzene rings is 2. The van der Waals surface area contributed by atoms with E-state index in [1.54, 1.807) is 0 Å². The van der Waals surface area contributed by atoms with Crippen LogP contribution < -0.4 is 21.1 Å². The molecule has 0 bridgehead atoms. The minimum atomic E-state index is -4.75. The number of nitrogens with one attached hydrogen (secondary N) is 2. The number of hydrogen-bond donors (Lipinski definition) is 3. The molecule has 4 N–H and O–H groups in total. The van der Waals surface area contributed by atoms with Gasteiger partial charge in [0.25, 0.3) is 0 Å². The lowest BCUT2D eigenvalue weighted by molar-refractivity contribution is -0.274. The average molecular weight is 526 g/mol. The van der Waals surface area contributed by atoms with Crippen LogP contribution in [0.15, 0.2) is 53.5 Å². The summed E-state index contributed by atoms with van der Waals surface area (Å²) >= 11 is 0. The molecule has 0 aromatic heterocycles. The summed E-state index contributed by atoms with van der Waals surface area (Å²) in [5.41, 5.74) is 6.79. The molecular weight excluding hydrogens is 507 g/mol. The number of halogens is 5. The zero-order chi connectivity index (χ0) is 20.6. The van der Waals surface area contributed by atoms with Gasteiger partial charge >= 0.3 is 6.36 Å². The van der Waals surface area contributed by atoms with E-state index in [0.717, 1.165) is 12.1 Å². The highest BCUT2D eigenvalue weighted by atomic mass is 127. The number of anilines is 1. The van der Waals surface area contributed by atoms with Gasteiger partial charge in [0.15, 0.2) is 5.96 Å². The molecular formula is C18H19F4IN4O2. The van der Waals surface area contributed by atoms with Gasteiger partial charge in [-0.05, 0) is 42.0 Å². The Balaban J connectivity index is 0.00000420. The molecule has 0 spiro atoms. The van der Waals surface area contributed by atoms with Crippen LogP contribution in [0.25, 0.3) is 0 Å². The predicted molar refractivity (Wildman–Crippen MR) is 112 cm³/mol. The Hall–Kier alpha value is -2.57. The van der Waals surface area contributed by atoms with Gasteiger partial charge in [0.05, 0.1) is 13.0 Å². The van der Waals surface area contributed by atoms with Crippen LogP contribution in [0, 0.1) is 5.82 Å². The number of hydrogen-bond acceptors (Lipinski definition) is 3. The first-order chi connectivity index (χ1) is 13.2. The Morgan fingerprint density at radius 1 is 1.07 bits per heavy atom. The van der Waals surface area contributed by atoms with Gasteiger partial charge in [-0.3, -0.25) is 9.79 Å². The lowest BCUT2D eigenvalue weighted by atomic mass is 10.1. The summed E-state index contributed by atoms with van der Waals surface area (Å²) in [5, 5.41) is 5.36. The Bertz CT molecular complexity index is 812. The van der Waals surface area contributed by atoms with Crippen LogP contribution in [-0.4, -0.2) is 31.3 Å². The number of amides is 1. The van der Waals surface area contributed by atoms with E-state index in [9.17, 15) is 22.4 Å². The van der Waals surface area contributed by atoms with E-state index in [-0.39, 0.29) is 66.9 Å². The quantitative estimate of drug-likeness (QED) is 0.170. The molecule has 0 saturated carbocycles. The molecule has 0 aliphatic carbocycles. The normalized spacial score (nSPS) is 11.4. The van der Waals surface area contributed by atoms with Crippen molar-refractivity contribution in [3.05, 3.63) is 59.9 Å². The van der Waals surface area contributed by atoms with Crippen molar-refractivity contribution < 1.29 is 27.1 Å². The fourth-order valence-electron chi connectivity index (χ4n) is 2.15. The van der Waals surface area contributed by atoms with Crippen molar-refractivity contribution in [2.24, 2.45) is 10.7 Å². The Kier molecular flexibility index (Phi) is 9.65. The smallest absolute Gasteiger partial charge is 0.406 e. The van der Waals surface area contributed by atoms with Gasteiger partial charge in [-0.25, -0.2) is 4.39 Å². The molecule has 158 valence electrons. The number of carbonyl (C=O) groups is 1. The van der Waals surface area contributed by atoms with Crippen LogP contribution >= 0.6 is 24.0 Å². The van der Waals surface area contributed by atoms with Crippen LogP contribution in [0.1, 0.15) is 5.56 Å². The lowest BCUT2D eigenvalue weighted by Crippen LogP contribution is -2.29. The predicted octanol–water partition coefficient (Wildman–Crippen LogP) is 3.43. The second-order valence-corrected chi connectivity index (χ2v) is 5.62. The number of nitrogens with two attached hydrogens (primary N) is 1. The van der Waals surface area contributed by atoms with E-state index in [1.807, 2.05) is 0 Å². The molecule has 29 heavy (non-hydrogen) atoms. The topological polar surface area (TPSA) is 88.7 Å². The van der Waals surface area contributed by atoms with Gasteiger partial charge in [0.2, 0.25) is 5.91 Å². The zero-order valence-electron chi connectivity index (χ0n) is 15.0. The zero-order valence-corrected chi connectivity index (χ0v) is 17.3.